The van der Waals surface area contributed by atoms with Crippen LogP contribution in [-0.2, 0) is 9.84 Å². The molecular formula is C11H25NO2S. The average molecular weight is 235 g/mol. The first-order valence-electron chi connectivity index (χ1n) is 5.62. The molecule has 0 aromatic rings. The minimum atomic E-state index is -2.93. The number of rotatable bonds is 6. The van der Waals surface area contributed by atoms with Crippen LogP contribution < -0.4 is 5.32 Å². The van der Waals surface area contributed by atoms with Crippen LogP contribution in [0, 0.1) is 0 Å². The van der Waals surface area contributed by atoms with E-state index < -0.39 is 14.6 Å². The Morgan fingerprint density at radius 1 is 1.13 bits per heavy atom. The van der Waals surface area contributed by atoms with Crippen LogP contribution in [-0.4, -0.2) is 31.5 Å². The molecule has 92 valence electrons. The van der Waals surface area contributed by atoms with Gasteiger partial charge in [0.2, 0.25) is 0 Å². The predicted molar refractivity (Wildman–Crippen MR) is 65.9 cm³/mol. The molecule has 0 fully saturated rings. The molecule has 0 unspecified atom stereocenters. The van der Waals surface area contributed by atoms with Crippen molar-refractivity contribution in [2.45, 2.75) is 58.2 Å². The van der Waals surface area contributed by atoms with E-state index in [0.29, 0.717) is 11.8 Å². The van der Waals surface area contributed by atoms with Crippen molar-refractivity contribution in [3.05, 3.63) is 0 Å². The smallest absolute Gasteiger partial charge is 0.155 e. The summed E-state index contributed by atoms with van der Waals surface area (Å²) in [5, 5.41) is 3.28. The van der Waals surface area contributed by atoms with E-state index in [4.69, 9.17) is 0 Å². The third-order valence-corrected chi connectivity index (χ3v) is 5.02. The molecule has 0 saturated heterocycles. The van der Waals surface area contributed by atoms with E-state index >= 15 is 0 Å². The Morgan fingerprint density at radius 2 is 1.67 bits per heavy atom. The van der Waals surface area contributed by atoms with Crippen molar-refractivity contribution in [1.29, 1.82) is 0 Å². The highest BCUT2D eigenvalue weighted by atomic mass is 32.2. The van der Waals surface area contributed by atoms with Gasteiger partial charge in [0.25, 0.3) is 0 Å². The van der Waals surface area contributed by atoms with E-state index in [2.05, 4.69) is 19.2 Å². The molecule has 0 heterocycles. The second-order valence-corrected chi connectivity index (χ2v) is 8.11. The van der Waals surface area contributed by atoms with E-state index in [1.54, 1.807) is 20.8 Å². The zero-order valence-electron chi connectivity index (χ0n) is 10.6. The lowest BCUT2D eigenvalue weighted by Gasteiger charge is -2.19. The quantitative estimate of drug-likeness (QED) is 0.716. The maximum Gasteiger partial charge on any atom is 0.155 e. The van der Waals surface area contributed by atoms with Crippen LogP contribution in [0.25, 0.3) is 0 Å². The van der Waals surface area contributed by atoms with Crippen molar-refractivity contribution >= 4 is 9.84 Å². The SMILES string of the molecule is CC(C)NCCCCS(=O)(=O)C(C)(C)C. The summed E-state index contributed by atoms with van der Waals surface area (Å²) in [6.45, 7) is 10.4. The van der Waals surface area contributed by atoms with Gasteiger partial charge < -0.3 is 5.32 Å². The van der Waals surface area contributed by atoms with Crippen LogP contribution in [0.4, 0.5) is 0 Å². The second kappa shape index (κ2) is 5.85. The summed E-state index contributed by atoms with van der Waals surface area (Å²) in [5.41, 5.74) is 0. The Balaban J connectivity index is 3.78. The fourth-order valence-electron chi connectivity index (χ4n) is 1.11. The van der Waals surface area contributed by atoms with Gasteiger partial charge in [-0.05, 0) is 40.2 Å². The summed E-state index contributed by atoms with van der Waals surface area (Å²) < 4.78 is 22.8. The predicted octanol–water partition coefficient (Wildman–Crippen LogP) is 1.98. The molecule has 0 rings (SSSR count). The molecule has 0 aliphatic rings. The van der Waals surface area contributed by atoms with Crippen LogP contribution >= 0.6 is 0 Å². The molecule has 0 atom stereocenters. The summed E-state index contributed by atoms with van der Waals surface area (Å²) in [5.74, 6) is 0.302. The summed E-state index contributed by atoms with van der Waals surface area (Å²) in [7, 11) is -2.93. The molecule has 0 aliphatic heterocycles. The molecule has 0 spiro atoms. The first-order valence-corrected chi connectivity index (χ1v) is 7.28. The maximum absolute atomic E-state index is 11.7. The van der Waals surface area contributed by atoms with Crippen molar-refractivity contribution in [2.75, 3.05) is 12.3 Å². The summed E-state index contributed by atoms with van der Waals surface area (Å²) in [6.07, 6.45) is 1.67. The monoisotopic (exact) mass is 235 g/mol. The van der Waals surface area contributed by atoms with Gasteiger partial charge in [0.05, 0.1) is 10.5 Å². The van der Waals surface area contributed by atoms with Gasteiger partial charge in [0.15, 0.2) is 9.84 Å². The number of unbranched alkanes of at least 4 members (excludes halogenated alkanes) is 1. The highest BCUT2D eigenvalue weighted by Crippen LogP contribution is 2.17. The second-order valence-electron chi connectivity index (χ2n) is 5.25. The molecule has 0 saturated carbocycles. The van der Waals surface area contributed by atoms with E-state index in [-0.39, 0.29) is 0 Å². The fraction of sp³-hybridized carbons (Fsp3) is 1.00. The van der Waals surface area contributed by atoms with Crippen molar-refractivity contribution < 1.29 is 8.42 Å². The standard InChI is InChI=1S/C11H25NO2S/c1-10(2)12-8-6-7-9-15(13,14)11(3,4)5/h10,12H,6-9H2,1-5H3. The van der Waals surface area contributed by atoms with Gasteiger partial charge in [-0.3, -0.25) is 0 Å². The molecule has 0 aromatic heterocycles. The van der Waals surface area contributed by atoms with Gasteiger partial charge >= 0.3 is 0 Å². The fourth-order valence-corrected chi connectivity index (χ4v) is 2.31. The highest BCUT2D eigenvalue weighted by Gasteiger charge is 2.27. The third-order valence-electron chi connectivity index (χ3n) is 2.33. The molecular weight excluding hydrogens is 210 g/mol. The third kappa shape index (κ3) is 6.15. The maximum atomic E-state index is 11.7. The molecule has 0 bridgehead atoms. The van der Waals surface area contributed by atoms with Crippen LogP contribution in [0.15, 0.2) is 0 Å². The van der Waals surface area contributed by atoms with Crippen molar-refractivity contribution in [1.82, 2.24) is 5.32 Å². The van der Waals surface area contributed by atoms with Gasteiger partial charge in [-0.2, -0.15) is 0 Å². The zero-order valence-corrected chi connectivity index (χ0v) is 11.4. The first kappa shape index (κ1) is 14.9. The van der Waals surface area contributed by atoms with Gasteiger partial charge in [-0.25, -0.2) is 8.42 Å². The lowest BCUT2D eigenvalue weighted by molar-refractivity contribution is 0.545. The first-order chi connectivity index (χ1) is 6.67. The topological polar surface area (TPSA) is 46.2 Å². The van der Waals surface area contributed by atoms with E-state index in [1.807, 2.05) is 0 Å². The van der Waals surface area contributed by atoms with E-state index in [9.17, 15) is 8.42 Å². The Morgan fingerprint density at radius 3 is 2.07 bits per heavy atom. The minimum Gasteiger partial charge on any atom is -0.315 e. The summed E-state index contributed by atoms with van der Waals surface area (Å²) in [6, 6.07) is 0.476. The van der Waals surface area contributed by atoms with Crippen LogP contribution in [0.2, 0.25) is 0 Å². The molecule has 0 amide bonds. The van der Waals surface area contributed by atoms with E-state index in [1.165, 1.54) is 0 Å². The van der Waals surface area contributed by atoms with Crippen LogP contribution in [0.1, 0.15) is 47.5 Å². The number of sulfone groups is 1. The Labute approximate surface area is 94.6 Å². The molecule has 4 heteroatoms. The lowest BCUT2D eigenvalue weighted by atomic mass is 10.3. The highest BCUT2D eigenvalue weighted by molar-refractivity contribution is 7.92. The molecule has 15 heavy (non-hydrogen) atoms. The van der Waals surface area contributed by atoms with Crippen molar-refractivity contribution in [2.24, 2.45) is 0 Å². The summed E-state index contributed by atoms with van der Waals surface area (Å²) in [4.78, 5) is 0. The minimum absolute atomic E-state index is 0.302. The zero-order chi connectivity index (χ0) is 12.1. The average Bonchev–Trinajstić information content (AvgIpc) is 2.00. The van der Waals surface area contributed by atoms with Gasteiger partial charge in [-0.15, -0.1) is 0 Å². The van der Waals surface area contributed by atoms with Crippen LogP contribution in [0.3, 0.4) is 0 Å². The molecule has 3 nitrogen and oxygen atoms in total. The Bertz CT molecular complexity index is 263. The number of hydrogen-bond donors (Lipinski definition) is 1. The molecule has 1 N–H and O–H groups in total. The number of nitrogens with one attached hydrogen (secondary N) is 1. The van der Waals surface area contributed by atoms with Gasteiger partial charge in [0, 0.05) is 6.04 Å². The van der Waals surface area contributed by atoms with Crippen LogP contribution in [0.5, 0.6) is 0 Å². The normalized spacial score (nSPS) is 13.5. The largest absolute Gasteiger partial charge is 0.315 e. The molecule has 0 radical (unpaired) electrons. The lowest BCUT2D eigenvalue weighted by Crippen LogP contribution is -2.31. The van der Waals surface area contributed by atoms with Crippen molar-refractivity contribution in [3.8, 4) is 0 Å². The molecule has 0 aliphatic carbocycles. The number of hydrogen-bond acceptors (Lipinski definition) is 3. The Hall–Kier alpha value is -0.0900. The van der Waals surface area contributed by atoms with Gasteiger partial charge in [-0.1, -0.05) is 13.8 Å². The molecule has 0 aromatic carbocycles. The van der Waals surface area contributed by atoms with E-state index in [0.717, 1.165) is 19.4 Å². The van der Waals surface area contributed by atoms with Crippen molar-refractivity contribution in [3.63, 3.8) is 0 Å². The summed E-state index contributed by atoms with van der Waals surface area (Å²) >= 11 is 0. The Kier molecular flexibility index (Phi) is 5.81. The van der Waals surface area contributed by atoms with Gasteiger partial charge in [0.1, 0.15) is 0 Å².